The Bertz CT molecular complexity index is 1070. The van der Waals surface area contributed by atoms with Gasteiger partial charge in [-0.1, -0.05) is 84.9 Å². The number of hydrogen-bond donors (Lipinski definition) is 0. The third kappa shape index (κ3) is 5.96. The van der Waals surface area contributed by atoms with Gasteiger partial charge in [-0.05, 0) is 29.7 Å². The van der Waals surface area contributed by atoms with Crippen LogP contribution in [0.15, 0.2) is 90.1 Å². The lowest BCUT2D eigenvalue weighted by Gasteiger charge is -2.06. The van der Waals surface area contributed by atoms with Crippen LogP contribution in [0.2, 0.25) is 0 Å². The van der Waals surface area contributed by atoms with Crippen LogP contribution < -0.4 is 4.74 Å². The van der Waals surface area contributed by atoms with E-state index in [4.69, 9.17) is 9.57 Å². The molecule has 0 aliphatic carbocycles. The summed E-state index contributed by atoms with van der Waals surface area (Å²) in [7, 11) is 0. The number of hydrogen-bond acceptors (Lipinski definition) is 6. The quantitative estimate of drug-likeness (QED) is 0.0926. The summed E-state index contributed by atoms with van der Waals surface area (Å²) in [4.78, 5) is 41.9. The van der Waals surface area contributed by atoms with Crippen LogP contribution in [0.1, 0.15) is 30.1 Å². The molecule has 0 radical (unpaired) electrons. The molecule has 6 nitrogen and oxygen atoms in total. The van der Waals surface area contributed by atoms with Crippen molar-refractivity contribution in [1.29, 1.82) is 0 Å². The average molecular weight is 415 g/mol. The molecular formula is C25H21NO5. The average Bonchev–Trinajstić information content (AvgIpc) is 2.80. The smallest absolute Gasteiger partial charge is 0.393 e. The van der Waals surface area contributed by atoms with Gasteiger partial charge in [0.05, 0.1) is 0 Å². The number of nitrogens with zero attached hydrogens (tertiary/aromatic N) is 1. The minimum atomic E-state index is -1.14. The predicted octanol–water partition coefficient (Wildman–Crippen LogP) is 5.48. The van der Waals surface area contributed by atoms with E-state index in [0.29, 0.717) is 6.42 Å². The van der Waals surface area contributed by atoms with Crippen molar-refractivity contribution in [3.05, 3.63) is 90.5 Å². The van der Waals surface area contributed by atoms with Crippen molar-refractivity contribution in [1.82, 2.24) is 0 Å². The van der Waals surface area contributed by atoms with E-state index in [1.165, 1.54) is 0 Å². The van der Waals surface area contributed by atoms with Crippen LogP contribution in [0, 0.1) is 0 Å². The summed E-state index contributed by atoms with van der Waals surface area (Å²) < 4.78 is 4.96. The molecule has 0 saturated carbocycles. The van der Waals surface area contributed by atoms with Gasteiger partial charge in [-0.3, -0.25) is 14.4 Å². The second-order valence-electron chi connectivity index (χ2n) is 6.64. The molecule has 0 atom stereocenters. The number of ether oxygens (including phenoxy) is 1. The molecule has 0 heterocycles. The molecule has 3 rings (SSSR count). The normalized spacial score (nSPS) is 10.9. The van der Waals surface area contributed by atoms with Gasteiger partial charge in [0.15, 0.2) is 11.5 Å². The van der Waals surface area contributed by atoms with Gasteiger partial charge in [0.25, 0.3) is 0 Å². The number of benzene rings is 3. The van der Waals surface area contributed by atoms with E-state index in [9.17, 15) is 14.4 Å². The number of para-hydroxylation sites is 1. The molecule has 3 aromatic carbocycles. The fourth-order valence-corrected chi connectivity index (χ4v) is 2.83. The Hall–Kier alpha value is -4.06. The Morgan fingerprint density at radius 3 is 1.97 bits per heavy atom. The first kappa shape index (κ1) is 21.6. The molecule has 31 heavy (non-hydrogen) atoms. The zero-order chi connectivity index (χ0) is 22.1. The highest BCUT2D eigenvalue weighted by molar-refractivity contribution is 6.69. The standard InChI is InChI=1S/C25H21NO5/c1-2-9-22(27)23(26-31-25(29)30-21-12-7-4-8-13-21)24(28)20-16-14-19(15-17-20)18-10-5-3-6-11-18/h3-8,10-17H,2,9H2,1H3/b26-23+. The predicted molar refractivity (Wildman–Crippen MR) is 117 cm³/mol. The maximum atomic E-state index is 12.9. The molecule has 0 amide bonds. The third-order valence-electron chi connectivity index (χ3n) is 4.37. The van der Waals surface area contributed by atoms with Gasteiger partial charge in [-0.25, -0.2) is 4.79 Å². The van der Waals surface area contributed by atoms with E-state index >= 15 is 0 Å². The minimum Gasteiger partial charge on any atom is -0.393 e. The zero-order valence-corrected chi connectivity index (χ0v) is 17.0. The lowest BCUT2D eigenvalue weighted by Crippen LogP contribution is -2.25. The molecule has 0 aliphatic rings. The molecule has 156 valence electrons. The fourth-order valence-electron chi connectivity index (χ4n) is 2.83. The van der Waals surface area contributed by atoms with E-state index in [1.807, 2.05) is 30.3 Å². The van der Waals surface area contributed by atoms with E-state index in [1.54, 1.807) is 61.5 Å². The number of carbonyl (C=O) groups is 3. The van der Waals surface area contributed by atoms with Crippen LogP contribution >= 0.6 is 0 Å². The van der Waals surface area contributed by atoms with Gasteiger partial charge in [0.1, 0.15) is 5.75 Å². The molecule has 0 saturated heterocycles. The van der Waals surface area contributed by atoms with Crippen molar-refractivity contribution in [2.75, 3.05) is 0 Å². The van der Waals surface area contributed by atoms with E-state index < -0.39 is 23.4 Å². The van der Waals surface area contributed by atoms with Crippen molar-refractivity contribution >= 4 is 23.4 Å². The van der Waals surface area contributed by atoms with Crippen molar-refractivity contribution in [3.63, 3.8) is 0 Å². The van der Waals surface area contributed by atoms with E-state index in [-0.39, 0.29) is 17.7 Å². The summed E-state index contributed by atoms with van der Waals surface area (Å²) in [6.07, 6.45) is -0.517. The van der Waals surface area contributed by atoms with Crippen LogP contribution in [-0.2, 0) is 9.63 Å². The number of Topliss-reactive ketones (excluding diaryl/α,β-unsaturated/α-hetero) is 2. The van der Waals surface area contributed by atoms with Crippen molar-refractivity contribution in [2.24, 2.45) is 5.16 Å². The molecule has 0 fully saturated rings. The molecule has 3 aromatic rings. The highest BCUT2D eigenvalue weighted by Crippen LogP contribution is 2.20. The molecule has 0 bridgehead atoms. The summed E-state index contributed by atoms with van der Waals surface area (Å²) >= 11 is 0. The lowest BCUT2D eigenvalue weighted by molar-refractivity contribution is -0.113. The number of ketones is 2. The molecular weight excluding hydrogens is 394 g/mol. The number of oxime groups is 1. The van der Waals surface area contributed by atoms with Crippen LogP contribution in [0.5, 0.6) is 5.75 Å². The summed E-state index contributed by atoms with van der Waals surface area (Å²) in [6.45, 7) is 1.80. The van der Waals surface area contributed by atoms with E-state index in [0.717, 1.165) is 11.1 Å². The monoisotopic (exact) mass is 415 g/mol. The maximum Gasteiger partial charge on any atom is 0.540 e. The molecule has 0 spiro atoms. The first-order valence-electron chi connectivity index (χ1n) is 9.83. The Morgan fingerprint density at radius 2 is 1.35 bits per heavy atom. The van der Waals surface area contributed by atoms with Gasteiger partial charge < -0.3 is 4.74 Å². The summed E-state index contributed by atoms with van der Waals surface area (Å²) in [5, 5.41) is 3.54. The Morgan fingerprint density at radius 1 is 0.774 bits per heavy atom. The van der Waals surface area contributed by atoms with Crippen LogP contribution in [0.4, 0.5) is 4.79 Å². The lowest BCUT2D eigenvalue weighted by atomic mass is 9.98. The third-order valence-corrected chi connectivity index (χ3v) is 4.37. The van der Waals surface area contributed by atoms with Crippen LogP contribution in [0.3, 0.4) is 0 Å². The second kappa shape index (κ2) is 10.6. The molecule has 0 aromatic heterocycles. The van der Waals surface area contributed by atoms with Gasteiger partial charge in [-0.15, -0.1) is 0 Å². The molecule has 0 N–H and O–H groups in total. The van der Waals surface area contributed by atoms with Crippen molar-refractivity contribution in [2.45, 2.75) is 19.8 Å². The first-order valence-corrected chi connectivity index (χ1v) is 9.83. The van der Waals surface area contributed by atoms with Gasteiger partial charge in [0.2, 0.25) is 5.78 Å². The zero-order valence-electron chi connectivity index (χ0n) is 17.0. The summed E-state index contributed by atoms with van der Waals surface area (Å²) in [6, 6.07) is 24.8. The topological polar surface area (TPSA) is 82.0 Å². The van der Waals surface area contributed by atoms with Crippen LogP contribution in [-0.4, -0.2) is 23.4 Å². The summed E-state index contributed by atoms with van der Waals surface area (Å²) in [5.41, 5.74) is 1.75. The van der Waals surface area contributed by atoms with E-state index in [2.05, 4.69) is 5.16 Å². The Kier molecular flexibility index (Phi) is 7.43. The van der Waals surface area contributed by atoms with Gasteiger partial charge >= 0.3 is 6.16 Å². The molecule has 0 unspecified atom stereocenters. The minimum absolute atomic E-state index is 0.101. The molecule has 0 aliphatic heterocycles. The second-order valence-corrected chi connectivity index (χ2v) is 6.64. The highest BCUT2D eigenvalue weighted by Gasteiger charge is 2.23. The van der Waals surface area contributed by atoms with Gasteiger partial charge in [-0.2, -0.15) is 0 Å². The SMILES string of the molecule is CCCC(=O)/C(=N\OC(=O)Oc1ccccc1)C(=O)c1ccc(-c2ccccc2)cc1. The Balaban J connectivity index is 1.77. The van der Waals surface area contributed by atoms with Gasteiger partial charge in [0, 0.05) is 12.0 Å². The largest absolute Gasteiger partial charge is 0.540 e. The van der Waals surface area contributed by atoms with Crippen LogP contribution in [0.25, 0.3) is 11.1 Å². The Labute approximate surface area is 180 Å². The summed E-state index contributed by atoms with van der Waals surface area (Å²) in [5.74, 6) is -0.871. The first-order chi connectivity index (χ1) is 15.1. The highest BCUT2D eigenvalue weighted by atomic mass is 16.8. The van der Waals surface area contributed by atoms with Crippen molar-refractivity contribution in [3.8, 4) is 16.9 Å². The maximum absolute atomic E-state index is 12.9. The van der Waals surface area contributed by atoms with Crippen molar-refractivity contribution < 1.29 is 24.0 Å². The number of carbonyl (C=O) groups excluding carboxylic acids is 3. The molecule has 6 heteroatoms. The fraction of sp³-hybridized carbons (Fsp3) is 0.120. The number of rotatable bonds is 8.